The molecule has 2 aromatic rings. The number of amides is 2. The van der Waals surface area contributed by atoms with Crippen molar-refractivity contribution in [2.75, 3.05) is 18.4 Å². The Balaban J connectivity index is 1.90. The van der Waals surface area contributed by atoms with E-state index in [1.807, 2.05) is 35.2 Å². The van der Waals surface area contributed by atoms with Gasteiger partial charge in [-0.2, -0.15) is 5.10 Å². The van der Waals surface area contributed by atoms with Crippen molar-refractivity contribution < 1.29 is 9.59 Å². The van der Waals surface area contributed by atoms with Crippen LogP contribution in [0.25, 0.3) is 5.69 Å². The number of nitrogens with one attached hydrogen (secondary N) is 1. The molecule has 0 bridgehead atoms. The molecule has 2 heterocycles. The Morgan fingerprint density at radius 3 is 2.52 bits per heavy atom. The fourth-order valence-corrected chi connectivity index (χ4v) is 2.95. The molecule has 1 aliphatic rings. The number of hydrogen-bond donors (Lipinski definition) is 1. The number of carbonyl (C=O) groups excluding carboxylic acids is 2. The summed E-state index contributed by atoms with van der Waals surface area (Å²) in [6.07, 6.45) is 2.41. The van der Waals surface area contributed by atoms with E-state index in [0.29, 0.717) is 23.9 Å². The van der Waals surface area contributed by atoms with Crippen molar-refractivity contribution in [1.29, 1.82) is 0 Å². The summed E-state index contributed by atoms with van der Waals surface area (Å²) in [6, 6.07) is 11.2. The minimum atomic E-state index is -0.108. The zero-order valence-corrected chi connectivity index (χ0v) is 14.7. The number of piperidine rings is 1. The Morgan fingerprint density at radius 1 is 1.20 bits per heavy atom. The number of rotatable bonds is 4. The number of carbonyl (C=O) groups is 2. The second-order valence-electron chi connectivity index (χ2n) is 6.54. The molecule has 0 radical (unpaired) electrons. The van der Waals surface area contributed by atoms with Crippen molar-refractivity contribution in [1.82, 2.24) is 14.7 Å². The molecule has 0 spiro atoms. The van der Waals surface area contributed by atoms with Gasteiger partial charge in [0, 0.05) is 25.6 Å². The number of likely N-dealkylation sites (tertiary alicyclic amines) is 1. The lowest BCUT2D eigenvalue weighted by molar-refractivity contribution is -0.115. The topological polar surface area (TPSA) is 67.2 Å². The number of benzene rings is 1. The molecular formula is C19H24N4O2. The van der Waals surface area contributed by atoms with E-state index in [1.54, 1.807) is 17.7 Å². The number of nitrogens with zero attached hydrogens (tertiary/aromatic N) is 3. The predicted molar refractivity (Wildman–Crippen MR) is 96.8 cm³/mol. The average Bonchev–Trinajstić information content (AvgIpc) is 3.06. The molecule has 1 saturated heterocycles. The van der Waals surface area contributed by atoms with Gasteiger partial charge in [0.05, 0.1) is 5.69 Å². The first kappa shape index (κ1) is 17.2. The minimum Gasteiger partial charge on any atom is -0.337 e. The predicted octanol–water partition coefficient (Wildman–Crippen LogP) is 3.09. The van der Waals surface area contributed by atoms with Gasteiger partial charge >= 0.3 is 0 Å². The SMILES string of the molecule is CCC(=O)Nc1cc(C(=O)N2CCC(C)CC2)nn1-c1ccccc1. The monoisotopic (exact) mass is 340 g/mol. The van der Waals surface area contributed by atoms with Crippen LogP contribution in [0.15, 0.2) is 36.4 Å². The molecular weight excluding hydrogens is 316 g/mol. The Morgan fingerprint density at radius 2 is 1.88 bits per heavy atom. The first-order valence-corrected chi connectivity index (χ1v) is 8.83. The highest BCUT2D eigenvalue weighted by molar-refractivity contribution is 5.95. The smallest absolute Gasteiger partial charge is 0.274 e. The molecule has 0 saturated carbocycles. The zero-order chi connectivity index (χ0) is 17.8. The van der Waals surface area contributed by atoms with Gasteiger partial charge in [-0.25, -0.2) is 4.68 Å². The van der Waals surface area contributed by atoms with Crippen LogP contribution >= 0.6 is 0 Å². The van der Waals surface area contributed by atoms with Gasteiger partial charge < -0.3 is 10.2 Å². The second-order valence-corrected chi connectivity index (χ2v) is 6.54. The van der Waals surface area contributed by atoms with Crippen molar-refractivity contribution in [3.63, 3.8) is 0 Å². The summed E-state index contributed by atoms with van der Waals surface area (Å²) in [5, 5.41) is 7.31. The second kappa shape index (κ2) is 7.51. The average molecular weight is 340 g/mol. The molecule has 0 atom stereocenters. The van der Waals surface area contributed by atoms with Crippen molar-refractivity contribution in [2.24, 2.45) is 5.92 Å². The third kappa shape index (κ3) is 3.90. The fourth-order valence-electron chi connectivity index (χ4n) is 2.95. The Bertz CT molecular complexity index is 746. The lowest BCUT2D eigenvalue weighted by atomic mass is 9.99. The summed E-state index contributed by atoms with van der Waals surface area (Å²) < 4.78 is 1.62. The van der Waals surface area contributed by atoms with Gasteiger partial charge in [-0.3, -0.25) is 9.59 Å². The highest BCUT2D eigenvalue weighted by atomic mass is 16.2. The van der Waals surface area contributed by atoms with Gasteiger partial charge in [-0.1, -0.05) is 32.0 Å². The number of para-hydroxylation sites is 1. The van der Waals surface area contributed by atoms with Gasteiger partial charge in [0.1, 0.15) is 5.82 Å². The van der Waals surface area contributed by atoms with E-state index < -0.39 is 0 Å². The van der Waals surface area contributed by atoms with E-state index in [0.717, 1.165) is 31.6 Å². The molecule has 0 aliphatic carbocycles. The maximum atomic E-state index is 12.8. The van der Waals surface area contributed by atoms with Crippen LogP contribution in [0.5, 0.6) is 0 Å². The van der Waals surface area contributed by atoms with Crippen molar-refractivity contribution in [3.8, 4) is 5.69 Å². The van der Waals surface area contributed by atoms with Crippen LogP contribution < -0.4 is 5.32 Å². The molecule has 132 valence electrons. The molecule has 6 heteroatoms. The normalized spacial score (nSPS) is 15.2. The summed E-state index contributed by atoms with van der Waals surface area (Å²) in [5.74, 6) is 0.994. The summed E-state index contributed by atoms with van der Waals surface area (Å²) in [7, 11) is 0. The maximum absolute atomic E-state index is 12.8. The fraction of sp³-hybridized carbons (Fsp3) is 0.421. The first-order valence-electron chi connectivity index (χ1n) is 8.83. The molecule has 0 unspecified atom stereocenters. The summed E-state index contributed by atoms with van der Waals surface area (Å²) in [6.45, 7) is 5.52. The summed E-state index contributed by atoms with van der Waals surface area (Å²) >= 11 is 0. The molecule has 1 aromatic carbocycles. The van der Waals surface area contributed by atoms with E-state index in [2.05, 4.69) is 17.3 Å². The van der Waals surface area contributed by atoms with E-state index in [-0.39, 0.29) is 11.8 Å². The number of anilines is 1. The van der Waals surface area contributed by atoms with E-state index >= 15 is 0 Å². The summed E-state index contributed by atoms with van der Waals surface area (Å²) in [4.78, 5) is 26.5. The van der Waals surface area contributed by atoms with Crippen LogP contribution in [0.2, 0.25) is 0 Å². The number of aromatic nitrogens is 2. The van der Waals surface area contributed by atoms with Gasteiger partial charge in [-0.15, -0.1) is 0 Å². The molecule has 3 rings (SSSR count). The largest absolute Gasteiger partial charge is 0.337 e. The van der Waals surface area contributed by atoms with Crippen molar-refractivity contribution >= 4 is 17.6 Å². The van der Waals surface area contributed by atoms with E-state index in [1.165, 1.54) is 0 Å². The molecule has 25 heavy (non-hydrogen) atoms. The van der Waals surface area contributed by atoms with Gasteiger partial charge in [0.25, 0.3) is 5.91 Å². The van der Waals surface area contributed by atoms with Crippen LogP contribution in [-0.4, -0.2) is 39.6 Å². The van der Waals surface area contributed by atoms with Crippen LogP contribution in [0, 0.1) is 5.92 Å². The van der Waals surface area contributed by atoms with Crippen LogP contribution in [0.1, 0.15) is 43.6 Å². The van der Waals surface area contributed by atoms with Crippen molar-refractivity contribution in [2.45, 2.75) is 33.1 Å². The third-order valence-corrected chi connectivity index (χ3v) is 4.59. The van der Waals surface area contributed by atoms with E-state index in [4.69, 9.17) is 0 Å². The third-order valence-electron chi connectivity index (χ3n) is 4.59. The van der Waals surface area contributed by atoms with Crippen LogP contribution in [-0.2, 0) is 4.79 Å². The quantitative estimate of drug-likeness (QED) is 0.930. The Kier molecular flexibility index (Phi) is 5.16. The lowest BCUT2D eigenvalue weighted by Crippen LogP contribution is -2.38. The standard InChI is InChI=1S/C19H24N4O2/c1-3-18(24)20-17-13-16(19(25)22-11-9-14(2)10-12-22)21-23(17)15-7-5-4-6-8-15/h4-8,13-14H,3,9-12H2,1-2H3,(H,20,24). The molecule has 1 N–H and O–H groups in total. The maximum Gasteiger partial charge on any atom is 0.274 e. The van der Waals surface area contributed by atoms with Gasteiger partial charge in [-0.05, 0) is 30.9 Å². The number of hydrogen-bond acceptors (Lipinski definition) is 3. The molecule has 1 aliphatic heterocycles. The first-order chi connectivity index (χ1) is 12.1. The van der Waals surface area contributed by atoms with Crippen molar-refractivity contribution in [3.05, 3.63) is 42.1 Å². The Hall–Kier alpha value is -2.63. The Labute approximate surface area is 147 Å². The van der Waals surface area contributed by atoms with Gasteiger partial charge in [0.2, 0.25) is 5.91 Å². The molecule has 6 nitrogen and oxygen atoms in total. The highest BCUT2D eigenvalue weighted by Crippen LogP contribution is 2.21. The minimum absolute atomic E-state index is 0.0754. The lowest BCUT2D eigenvalue weighted by Gasteiger charge is -2.29. The van der Waals surface area contributed by atoms with Gasteiger partial charge in [0.15, 0.2) is 5.69 Å². The van der Waals surface area contributed by atoms with E-state index in [9.17, 15) is 9.59 Å². The summed E-state index contributed by atoms with van der Waals surface area (Å²) in [5.41, 5.74) is 1.17. The molecule has 1 fully saturated rings. The molecule has 2 amide bonds. The van der Waals surface area contributed by atoms with Crippen LogP contribution in [0.3, 0.4) is 0 Å². The van der Waals surface area contributed by atoms with Crippen LogP contribution in [0.4, 0.5) is 5.82 Å². The highest BCUT2D eigenvalue weighted by Gasteiger charge is 2.25. The zero-order valence-electron chi connectivity index (χ0n) is 14.7. The molecule has 1 aromatic heterocycles.